The Hall–Kier alpha value is -2.35. The van der Waals surface area contributed by atoms with Crippen molar-refractivity contribution < 1.29 is 4.74 Å². The first-order valence-corrected chi connectivity index (χ1v) is 12.4. The van der Waals surface area contributed by atoms with Gasteiger partial charge in [-0.25, -0.2) is 4.98 Å². The first-order valence-electron chi connectivity index (χ1n) is 10.1. The number of nitrogens with zero attached hydrogens (tertiary/aromatic N) is 4. The molecule has 0 unspecified atom stereocenters. The number of aromatic nitrogens is 4. The van der Waals surface area contributed by atoms with Crippen molar-refractivity contribution in [2.75, 3.05) is 0 Å². The number of aryl methyl sites for hydroxylation is 1. The summed E-state index contributed by atoms with van der Waals surface area (Å²) < 4.78 is 8.01. The van der Waals surface area contributed by atoms with Crippen LogP contribution in [0.2, 0.25) is 5.02 Å². The van der Waals surface area contributed by atoms with E-state index >= 15 is 0 Å². The van der Waals surface area contributed by atoms with Crippen LogP contribution in [0.25, 0.3) is 10.6 Å². The highest BCUT2D eigenvalue weighted by molar-refractivity contribution is 7.98. The van der Waals surface area contributed by atoms with Gasteiger partial charge in [0.15, 0.2) is 11.0 Å². The molecule has 0 aliphatic carbocycles. The maximum Gasteiger partial charge on any atom is 0.191 e. The number of rotatable bonds is 9. The molecule has 0 aliphatic rings. The summed E-state index contributed by atoms with van der Waals surface area (Å²) in [6.07, 6.45) is 1.02. The molecule has 4 aromatic rings. The van der Waals surface area contributed by atoms with Crippen molar-refractivity contribution in [2.45, 2.75) is 44.3 Å². The summed E-state index contributed by atoms with van der Waals surface area (Å²) in [5.41, 5.74) is 3.26. The maximum atomic E-state index is 6.30. The third-order valence-corrected chi connectivity index (χ3v) is 7.07. The number of halogens is 1. The first kappa shape index (κ1) is 21.9. The van der Waals surface area contributed by atoms with Crippen molar-refractivity contribution >= 4 is 34.7 Å². The maximum absolute atomic E-state index is 6.30. The molecule has 2 aromatic heterocycles. The van der Waals surface area contributed by atoms with Crippen molar-refractivity contribution in [3.63, 3.8) is 0 Å². The fourth-order valence-corrected chi connectivity index (χ4v) is 5.25. The van der Waals surface area contributed by atoms with Crippen LogP contribution < -0.4 is 4.74 Å². The lowest BCUT2D eigenvalue weighted by atomic mass is 10.2. The van der Waals surface area contributed by atoms with Gasteiger partial charge >= 0.3 is 0 Å². The second-order valence-corrected chi connectivity index (χ2v) is 9.05. The Balaban J connectivity index is 1.39. The van der Waals surface area contributed by atoms with Crippen LogP contribution >= 0.6 is 34.7 Å². The van der Waals surface area contributed by atoms with Crippen molar-refractivity contribution in [2.24, 2.45) is 0 Å². The van der Waals surface area contributed by atoms with E-state index in [4.69, 9.17) is 21.3 Å². The topological polar surface area (TPSA) is 52.8 Å². The number of ether oxygens (including phenoxy) is 1. The van der Waals surface area contributed by atoms with Crippen LogP contribution in [0.4, 0.5) is 0 Å². The number of hydrogen-bond donors (Lipinski definition) is 0. The van der Waals surface area contributed by atoms with E-state index in [1.54, 1.807) is 23.1 Å². The van der Waals surface area contributed by atoms with Crippen LogP contribution in [0.15, 0.2) is 59.1 Å². The molecule has 0 saturated heterocycles. The predicted molar refractivity (Wildman–Crippen MR) is 128 cm³/mol. The molecule has 2 heterocycles. The molecule has 0 amide bonds. The van der Waals surface area contributed by atoms with E-state index in [0.29, 0.717) is 6.61 Å². The van der Waals surface area contributed by atoms with Crippen molar-refractivity contribution in [3.05, 3.63) is 76.0 Å². The smallest absolute Gasteiger partial charge is 0.191 e. The van der Waals surface area contributed by atoms with Crippen molar-refractivity contribution in [1.29, 1.82) is 0 Å². The van der Waals surface area contributed by atoms with Crippen LogP contribution in [0, 0.1) is 0 Å². The highest BCUT2D eigenvalue weighted by atomic mass is 35.5. The van der Waals surface area contributed by atoms with Crippen LogP contribution in [-0.2, 0) is 25.3 Å². The minimum atomic E-state index is 0.389. The summed E-state index contributed by atoms with van der Waals surface area (Å²) in [6.45, 7) is 5.40. The Kier molecular flexibility index (Phi) is 7.27. The summed E-state index contributed by atoms with van der Waals surface area (Å²) in [4.78, 5) is 4.74. The average molecular weight is 471 g/mol. The molecule has 0 saturated carbocycles. The number of hydrogen-bond acceptors (Lipinski definition) is 6. The molecule has 4 rings (SSSR count). The Morgan fingerprint density at radius 3 is 2.61 bits per heavy atom. The van der Waals surface area contributed by atoms with Gasteiger partial charge in [-0.15, -0.1) is 21.5 Å². The molecule has 31 heavy (non-hydrogen) atoms. The van der Waals surface area contributed by atoms with E-state index in [2.05, 4.69) is 46.1 Å². The van der Waals surface area contributed by atoms with Crippen LogP contribution in [0.1, 0.15) is 30.9 Å². The fraction of sp³-hybridized carbons (Fsp3) is 0.261. The lowest BCUT2D eigenvalue weighted by Crippen LogP contribution is -2.07. The highest BCUT2D eigenvalue weighted by Gasteiger charge is 2.14. The minimum absolute atomic E-state index is 0.389. The van der Waals surface area contributed by atoms with Crippen molar-refractivity contribution in [1.82, 2.24) is 19.7 Å². The largest absolute Gasteiger partial charge is 0.486 e. The Bertz CT molecular complexity index is 1140. The van der Waals surface area contributed by atoms with E-state index in [9.17, 15) is 0 Å². The fourth-order valence-electron chi connectivity index (χ4n) is 3.09. The summed E-state index contributed by atoms with van der Waals surface area (Å²) in [6, 6.07) is 16.0. The van der Waals surface area contributed by atoms with E-state index < -0.39 is 0 Å². The zero-order valence-electron chi connectivity index (χ0n) is 17.4. The average Bonchev–Trinajstić information content (AvgIpc) is 3.43. The molecule has 2 aromatic carbocycles. The van der Waals surface area contributed by atoms with E-state index in [1.807, 2.05) is 36.4 Å². The van der Waals surface area contributed by atoms with Gasteiger partial charge in [-0.2, -0.15) is 0 Å². The standard InChI is InChI=1S/C23H23ClN4OS2/c1-3-16-9-11-18(12-10-16)29-13-21-26-27-23(28(21)4-2)31-15-17-14-30-22(25-17)19-7-5-6-8-20(19)24/h5-12,14H,3-4,13,15H2,1-2H3. The van der Waals surface area contributed by atoms with Gasteiger partial charge in [0.1, 0.15) is 17.4 Å². The van der Waals surface area contributed by atoms with Crippen LogP contribution in [0.5, 0.6) is 5.75 Å². The van der Waals surface area contributed by atoms with Gasteiger partial charge < -0.3 is 9.30 Å². The summed E-state index contributed by atoms with van der Waals surface area (Å²) >= 11 is 9.53. The third kappa shape index (κ3) is 5.29. The van der Waals surface area contributed by atoms with Gasteiger partial charge in [0, 0.05) is 23.2 Å². The molecular formula is C23H23ClN4OS2. The van der Waals surface area contributed by atoms with E-state index in [1.165, 1.54) is 5.56 Å². The quantitative estimate of drug-likeness (QED) is 0.261. The summed E-state index contributed by atoms with van der Waals surface area (Å²) in [7, 11) is 0. The zero-order valence-corrected chi connectivity index (χ0v) is 19.8. The number of thioether (sulfide) groups is 1. The molecule has 0 aliphatic heterocycles. The molecule has 0 atom stereocenters. The van der Waals surface area contributed by atoms with Gasteiger partial charge in [-0.1, -0.05) is 60.6 Å². The molecule has 0 N–H and O–H groups in total. The van der Waals surface area contributed by atoms with Gasteiger partial charge in [0.05, 0.1) is 10.7 Å². The monoisotopic (exact) mass is 470 g/mol. The molecule has 0 bridgehead atoms. The predicted octanol–water partition coefficient (Wildman–Crippen LogP) is 6.51. The van der Waals surface area contributed by atoms with Crippen molar-refractivity contribution in [3.8, 4) is 16.3 Å². The summed E-state index contributed by atoms with van der Waals surface area (Å²) in [5, 5.41) is 13.3. The van der Waals surface area contributed by atoms with Gasteiger partial charge in [0.25, 0.3) is 0 Å². The highest BCUT2D eigenvalue weighted by Crippen LogP contribution is 2.32. The lowest BCUT2D eigenvalue weighted by molar-refractivity contribution is 0.288. The Morgan fingerprint density at radius 1 is 1.06 bits per heavy atom. The van der Waals surface area contributed by atoms with Crippen LogP contribution in [0.3, 0.4) is 0 Å². The molecule has 8 heteroatoms. The van der Waals surface area contributed by atoms with Gasteiger partial charge in [-0.3, -0.25) is 0 Å². The number of thiazole rings is 1. The third-order valence-electron chi connectivity index (χ3n) is 4.81. The molecule has 0 spiro atoms. The van der Waals surface area contributed by atoms with E-state index in [-0.39, 0.29) is 0 Å². The van der Waals surface area contributed by atoms with Crippen LogP contribution in [-0.4, -0.2) is 19.7 Å². The molecular weight excluding hydrogens is 448 g/mol. The Labute approximate surface area is 195 Å². The lowest BCUT2D eigenvalue weighted by Gasteiger charge is -2.09. The molecule has 0 radical (unpaired) electrons. The van der Waals surface area contributed by atoms with Gasteiger partial charge in [-0.05, 0) is 37.1 Å². The number of benzene rings is 2. The molecule has 160 valence electrons. The molecule has 0 fully saturated rings. The first-order chi connectivity index (χ1) is 15.2. The minimum Gasteiger partial charge on any atom is -0.486 e. The van der Waals surface area contributed by atoms with Gasteiger partial charge in [0.2, 0.25) is 0 Å². The Morgan fingerprint density at radius 2 is 1.87 bits per heavy atom. The normalized spacial score (nSPS) is 11.1. The second kappa shape index (κ2) is 10.3. The molecule has 5 nitrogen and oxygen atoms in total. The second-order valence-electron chi connectivity index (χ2n) is 6.84. The SMILES string of the molecule is CCc1ccc(OCc2nnc(SCc3csc(-c4ccccc4Cl)n3)n2CC)cc1. The van der Waals surface area contributed by atoms with E-state index in [0.717, 1.165) is 56.7 Å². The summed E-state index contributed by atoms with van der Waals surface area (Å²) in [5.74, 6) is 2.38. The zero-order chi connectivity index (χ0) is 21.6.